The van der Waals surface area contributed by atoms with Crippen molar-refractivity contribution in [3.8, 4) is 0 Å². The summed E-state index contributed by atoms with van der Waals surface area (Å²) in [6, 6.07) is 0. The van der Waals surface area contributed by atoms with Crippen molar-refractivity contribution in [3.63, 3.8) is 0 Å². The Kier molecular flexibility index (Phi) is 6.72. The SMILES string of the molecule is COC(=O)C(C)COB(I)OS(C)(=O)=O. The van der Waals surface area contributed by atoms with Gasteiger partial charge in [-0.3, -0.25) is 8.90 Å². The van der Waals surface area contributed by atoms with Gasteiger partial charge in [0.2, 0.25) is 0 Å². The Labute approximate surface area is 103 Å². The minimum atomic E-state index is -3.55. The Hall–Kier alpha value is 0.135. The first-order valence-corrected chi connectivity index (χ1v) is 7.04. The second kappa shape index (κ2) is 6.66. The largest absolute Gasteiger partial charge is 0.547 e. The number of halogens is 1. The van der Waals surface area contributed by atoms with E-state index in [2.05, 4.69) is 8.84 Å². The van der Waals surface area contributed by atoms with Gasteiger partial charge >= 0.3 is 10.9 Å². The third kappa shape index (κ3) is 8.00. The highest BCUT2D eigenvalue weighted by molar-refractivity contribution is 14.1. The smallest absolute Gasteiger partial charge is 0.469 e. The molecule has 0 amide bonds. The van der Waals surface area contributed by atoms with Crippen LogP contribution in [0.5, 0.6) is 0 Å². The van der Waals surface area contributed by atoms with E-state index < -0.39 is 27.0 Å². The highest BCUT2D eigenvalue weighted by atomic mass is 127. The van der Waals surface area contributed by atoms with Crippen LogP contribution in [0.25, 0.3) is 0 Å². The van der Waals surface area contributed by atoms with Crippen LogP contribution >= 0.6 is 22.4 Å². The lowest BCUT2D eigenvalue weighted by Crippen LogP contribution is -2.25. The summed E-state index contributed by atoms with van der Waals surface area (Å²) in [6.45, 7) is 1.64. The van der Waals surface area contributed by atoms with Crippen molar-refractivity contribution in [1.82, 2.24) is 0 Å². The van der Waals surface area contributed by atoms with Gasteiger partial charge in [0.05, 0.1) is 19.3 Å². The summed E-state index contributed by atoms with van der Waals surface area (Å²) in [4.78, 5) is 10.0. The predicted molar refractivity (Wildman–Crippen MR) is 62.8 cm³/mol. The standard InChI is InChI=1S/C6H12BIO6S/c1-5(6(9)12-2)4-13-7(8)14-15(3,10)11/h5H,4H2,1-3H3. The Morgan fingerprint density at radius 3 is 2.47 bits per heavy atom. The molecule has 0 N–H and O–H groups in total. The lowest BCUT2D eigenvalue weighted by molar-refractivity contribution is -0.145. The average Bonchev–Trinajstić information content (AvgIpc) is 2.10. The monoisotopic (exact) mass is 350 g/mol. The van der Waals surface area contributed by atoms with E-state index in [0.717, 1.165) is 6.26 Å². The Bertz CT molecular complexity index is 305. The normalized spacial score (nSPS) is 13.3. The number of esters is 1. The second-order valence-electron chi connectivity index (χ2n) is 2.83. The number of methoxy groups -OCH3 is 1. The fraction of sp³-hybridized carbons (Fsp3) is 0.833. The first-order valence-electron chi connectivity index (χ1n) is 3.98. The molecule has 0 heterocycles. The van der Waals surface area contributed by atoms with Gasteiger partial charge in [0, 0.05) is 6.61 Å². The first-order chi connectivity index (χ1) is 6.76. The maximum absolute atomic E-state index is 10.9. The molecular formula is C6H12BIO6S. The molecule has 0 fully saturated rings. The van der Waals surface area contributed by atoms with Crippen LogP contribution in [0.2, 0.25) is 0 Å². The molecule has 1 atom stereocenters. The maximum atomic E-state index is 10.9. The van der Waals surface area contributed by atoms with Crippen molar-refractivity contribution in [2.24, 2.45) is 5.92 Å². The summed E-state index contributed by atoms with van der Waals surface area (Å²) in [7, 11) is -2.27. The van der Waals surface area contributed by atoms with Crippen LogP contribution in [0.15, 0.2) is 0 Å². The van der Waals surface area contributed by atoms with E-state index in [4.69, 9.17) is 4.65 Å². The van der Waals surface area contributed by atoms with Gasteiger partial charge in [0.25, 0.3) is 10.1 Å². The van der Waals surface area contributed by atoms with Crippen molar-refractivity contribution in [2.75, 3.05) is 20.0 Å². The Balaban J connectivity index is 3.91. The van der Waals surface area contributed by atoms with Crippen LogP contribution in [0.4, 0.5) is 0 Å². The van der Waals surface area contributed by atoms with Crippen molar-refractivity contribution in [1.29, 1.82) is 0 Å². The summed E-state index contributed by atoms with van der Waals surface area (Å²) >= 11 is 1.66. The van der Waals surface area contributed by atoms with Crippen LogP contribution in [0, 0.1) is 5.92 Å². The molecule has 0 saturated heterocycles. The molecule has 0 aromatic carbocycles. The van der Waals surface area contributed by atoms with Crippen molar-refractivity contribution >= 4 is 43.4 Å². The molecule has 0 aromatic rings. The molecule has 6 nitrogen and oxygen atoms in total. The number of hydrogen-bond donors (Lipinski definition) is 0. The van der Waals surface area contributed by atoms with Gasteiger partial charge in [-0.2, -0.15) is 0 Å². The molecule has 88 valence electrons. The highest BCUT2D eigenvalue weighted by Crippen LogP contribution is 2.07. The van der Waals surface area contributed by atoms with Gasteiger partial charge in [-0.15, -0.1) is 0 Å². The van der Waals surface area contributed by atoms with Crippen LogP contribution in [0.1, 0.15) is 6.92 Å². The highest BCUT2D eigenvalue weighted by Gasteiger charge is 2.22. The first kappa shape index (κ1) is 15.1. The van der Waals surface area contributed by atoms with Crippen molar-refractivity contribution in [3.05, 3.63) is 0 Å². The molecule has 0 aliphatic rings. The zero-order valence-corrected chi connectivity index (χ0v) is 11.6. The minimum absolute atomic E-state index is 0.0375. The average molecular weight is 350 g/mol. The number of carbonyl (C=O) groups excluding carboxylic acids is 1. The zero-order chi connectivity index (χ0) is 12.1. The summed E-state index contributed by atoms with van der Waals surface area (Å²) in [5.74, 6) is -0.881. The molecule has 0 radical (unpaired) electrons. The van der Waals surface area contributed by atoms with E-state index >= 15 is 0 Å². The van der Waals surface area contributed by atoms with Crippen LogP contribution in [0.3, 0.4) is 0 Å². The lowest BCUT2D eigenvalue weighted by atomic mass is 10.2. The number of ether oxygens (including phenoxy) is 1. The van der Waals surface area contributed by atoms with Gasteiger partial charge in [-0.25, -0.2) is 8.42 Å². The fourth-order valence-corrected chi connectivity index (χ4v) is 2.32. The third-order valence-electron chi connectivity index (χ3n) is 1.33. The lowest BCUT2D eigenvalue weighted by Gasteiger charge is -2.11. The molecule has 0 aromatic heterocycles. The quantitative estimate of drug-likeness (QED) is 0.387. The molecule has 0 aliphatic heterocycles. The van der Waals surface area contributed by atoms with Crippen LogP contribution in [-0.2, 0) is 28.4 Å². The van der Waals surface area contributed by atoms with Crippen LogP contribution < -0.4 is 0 Å². The molecule has 0 saturated carbocycles. The minimum Gasteiger partial charge on any atom is -0.469 e. The molecular weight excluding hydrogens is 338 g/mol. The van der Waals surface area contributed by atoms with Gasteiger partial charge in [0.15, 0.2) is 0 Å². The predicted octanol–water partition coefficient (Wildman–Crippen LogP) is 0.208. The Morgan fingerprint density at radius 2 is 2.07 bits per heavy atom. The third-order valence-corrected chi connectivity index (χ3v) is 2.81. The van der Waals surface area contributed by atoms with Crippen molar-refractivity contribution in [2.45, 2.75) is 6.92 Å². The second-order valence-corrected chi connectivity index (χ2v) is 5.45. The van der Waals surface area contributed by atoms with E-state index in [1.807, 2.05) is 0 Å². The molecule has 0 aliphatic carbocycles. The van der Waals surface area contributed by atoms with Crippen LogP contribution in [-0.4, -0.2) is 39.3 Å². The summed E-state index contributed by atoms with van der Waals surface area (Å²) in [6.07, 6.45) is 0.922. The van der Waals surface area contributed by atoms with Crippen molar-refractivity contribution < 1.29 is 26.7 Å². The molecule has 0 bridgehead atoms. The fourth-order valence-electron chi connectivity index (χ4n) is 0.654. The van der Waals surface area contributed by atoms with Gasteiger partial charge in [-0.05, 0) is 6.92 Å². The van der Waals surface area contributed by atoms with E-state index in [9.17, 15) is 13.2 Å². The number of rotatable bonds is 6. The zero-order valence-electron chi connectivity index (χ0n) is 8.60. The molecule has 15 heavy (non-hydrogen) atoms. The molecule has 9 heteroatoms. The van der Waals surface area contributed by atoms with Gasteiger partial charge in [0.1, 0.15) is 0 Å². The van der Waals surface area contributed by atoms with Gasteiger partial charge < -0.3 is 9.39 Å². The molecule has 0 spiro atoms. The van der Waals surface area contributed by atoms with Gasteiger partial charge in [-0.1, -0.05) is 22.4 Å². The number of hydrogen-bond acceptors (Lipinski definition) is 6. The summed E-state index contributed by atoms with van der Waals surface area (Å²) < 4.78 is 35.3. The molecule has 0 rings (SSSR count). The topological polar surface area (TPSA) is 78.9 Å². The number of carbonyl (C=O) groups is 1. The summed E-state index contributed by atoms with van der Waals surface area (Å²) in [5, 5.41) is 0. The Morgan fingerprint density at radius 1 is 1.53 bits per heavy atom. The van der Waals surface area contributed by atoms with E-state index in [1.165, 1.54) is 7.11 Å². The molecule has 1 unspecified atom stereocenters. The maximum Gasteiger partial charge on any atom is 0.547 e. The van der Waals surface area contributed by atoms with E-state index in [0.29, 0.717) is 0 Å². The van der Waals surface area contributed by atoms with E-state index in [1.54, 1.807) is 29.3 Å². The summed E-state index contributed by atoms with van der Waals surface area (Å²) in [5.41, 5.74) is 0. The van der Waals surface area contributed by atoms with E-state index in [-0.39, 0.29) is 6.61 Å².